The van der Waals surface area contributed by atoms with E-state index in [0.29, 0.717) is 36.0 Å². The SMILES string of the molecule is Cc1nc(N2CCC3(CCN(Cc4ccc5c(cc(C#N)n5C[C@H](C)N5CCN(C(=O)OC(C)(C)C)CC5)c4C)C3)C2)c2cc(CC(F)(F)F)sc2n1. The fourth-order valence-electron chi connectivity index (χ4n) is 8.47. The van der Waals surface area contributed by atoms with Crippen LogP contribution in [0.4, 0.5) is 23.8 Å². The zero-order valence-corrected chi connectivity index (χ0v) is 32.3. The average Bonchev–Trinajstić information content (AvgIpc) is 3.86. The summed E-state index contributed by atoms with van der Waals surface area (Å²) in [5.41, 5.74) is 3.73. The minimum atomic E-state index is -4.26. The van der Waals surface area contributed by atoms with E-state index in [1.807, 2.05) is 26.8 Å². The van der Waals surface area contributed by atoms with Crippen LogP contribution in [-0.4, -0.2) is 106 Å². The third-order valence-electron chi connectivity index (χ3n) is 11.2. The van der Waals surface area contributed by atoms with Crippen molar-refractivity contribution >= 4 is 44.4 Å². The predicted molar refractivity (Wildman–Crippen MR) is 201 cm³/mol. The molecular weight excluding hydrogens is 702 g/mol. The Hall–Kier alpha value is -3.93. The maximum Gasteiger partial charge on any atom is 0.410 e. The summed E-state index contributed by atoms with van der Waals surface area (Å²) in [6.07, 6.45) is -3.42. The number of amides is 1. The van der Waals surface area contributed by atoms with Gasteiger partial charge in [-0.25, -0.2) is 14.8 Å². The van der Waals surface area contributed by atoms with E-state index in [9.17, 15) is 23.2 Å². The van der Waals surface area contributed by atoms with E-state index in [0.717, 1.165) is 92.1 Å². The monoisotopic (exact) mass is 750 g/mol. The van der Waals surface area contributed by atoms with E-state index in [1.165, 1.54) is 11.1 Å². The molecule has 0 N–H and O–H groups in total. The van der Waals surface area contributed by atoms with Crippen molar-refractivity contribution < 1.29 is 22.7 Å². The fraction of sp³-hybridized carbons (Fsp3) is 0.590. The summed E-state index contributed by atoms with van der Waals surface area (Å²) in [4.78, 5) is 31.6. The molecule has 0 radical (unpaired) electrons. The number of rotatable bonds is 7. The maximum absolute atomic E-state index is 13.2. The van der Waals surface area contributed by atoms with Gasteiger partial charge in [-0.3, -0.25) is 9.80 Å². The molecule has 7 rings (SSSR count). The minimum absolute atomic E-state index is 0.0971. The number of nitrogens with zero attached hydrogens (tertiary/aromatic N) is 8. The summed E-state index contributed by atoms with van der Waals surface area (Å²) >= 11 is 1.11. The molecule has 1 spiro atoms. The molecule has 2 atom stereocenters. The number of carbonyl (C=O) groups is 1. The van der Waals surface area contributed by atoms with Gasteiger partial charge in [0, 0.05) is 86.1 Å². The largest absolute Gasteiger partial charge is 0.444 e. The van der Waals surface area contributed by atoms with Gasteiger partial charge in [-0.1, -0.05) is 6.07 Å². The first-order valence-corrected chi connectivity index (χ1v) is 19.4. The highest BCUT2D eigenvalue weighted by Gasteiger charge is 2.44. The molecule has 3 aromatic heterocycles. The zero-order valence-electron chi connectivity index (χ0n) is 31.5. The Kier molecular flexibility index (Phi) is 9.91. The van der Waals surface area contributed by atoms with Crippen molar-refractivity contribution in [2.24, 2.45) is 5.41 Å². The van der Waals surface area contributed by atoms with Gasteiger partial charge in [-0.15, -0.1) is 11.3 Å². The number of carbonyl (C=O) groups excluding carboxylic acids is 1. The van der Waals surface area contributed by atoms with Crippen LogP contribution in [0.3, 0.4) is 0 Å². The van der Waals surface area contributed by atoms with Gasteiger partial charge < -0.3 is 19.1 Å². The molecule has 0 bridgehead atoms. The Bertz CT molecular complexity index is 2060. The minimum Gasteiger partial charge on any atom is -0.444 e. The lowest BCUT2D eigenvalue weighted by atomic mass is 9.86. The number of fused-ring (bicyclic) bond motifs is 2. The van der Waals surface area contributed by atoms with E-state index in [-0.39, 0.29) is 22.4 Å². The second-order valence-corrected chi connectivity index (χ2v) is 17.5. The summed E-state index contributed by atoms with van der Waals surface area (Å²) < 4.78 is 47.2. The van der Waals surface area contributed by atoms with Gasteiger partial charge in [0.25, 0.3) is 0 Å². The number of aryl methyl sites for hydroxylation is 2. The summed E-state index contributed by atoms with van der Waals surface area (Å²) in [7, 11) is 0. The molecule has 3 aliphatic rings. The highest BCUT2D eigenvalue weighted by molar-refractivity contribution is 7.18. The van der Waals surface area contributed by atoms with E-state index in [4.69, 9.17) is 9.72 Å². The van der Waals surface area contributed by atoms with Crippen LogP contribution >= 0.6 is 11.3 Å². The number of anilines is 1. The van der Waals surface area contributed by atoms with Crippen molar-refractivity contribution in [2.45, 2.75) is 91.7 Å². The molecule has 0 aliphatic carbocycles. The number of benzene rings is 1. The molecule has 1 aromatic carbocycles. The Morgan fingerprint density at radius 3 is 2.45 bits per heavy atom. The molecule has 3 aliphatic heterocycles. The Morgan fingerprint density at radius 1 is 1.02 bits per heavy atom. The standard InChI is InChI=1S/C39H49F3N8O2S/c1-25(47-13-15-48(16-14-47)36(51)52-37(4,5)6)21-50-29(20-43)17-31-26(2)28(7-8-33(31)50)22-46-11-9-38(23-46)10-12-49(24-38)34-32-18-30(19-39(40,41)42)53-35(32)45-27(3)44-34/h7-8,17-18,25H,9-16,19,21-24H2,1-6H3/t25-,38?/m0/s1. The molecule has 3 fully saturated rings. The molecule has 3 saturated heterocycles. The molecule has 1 unspecified atom stereocenters. The molecule has 10 nitrogen and oxygen atoms in total. The fourth-order valence-corrected chi connectivity index (χ4v) is 9.57. The number of thiophene rings is 1. The second-order valence-electron chi connectivity index (χ2n) is 16.3. The second kappa shape index (κ2) is 14.0. The number of nitriles is 1. The number of piperazine rings is 1. The third-order valence-corrected chi connectivity index (χ3v) is 12.2. The van der Waals surface area contributed by atoms with Gasteiger partial charge in [0.1, 0.15) is 33.8 Å². The first kappa shape index (κ1) is 37.4. The van der Waals surface area contributed by atoms with Crippen LogP contribution in [-0.2, 0) is 24.2 Å². The van der Waals surface area contributed by atoms with Crippen molar-refractivity contribution in [3.8, 4) is 6.07 Å². The Morgan fingerprint density at radius 2 is 1.75 bits per heavy atom. The van der Waals surface area contributed by atoms with Crippen LogP contribution in [0.15, 0.2) is 24.3 Å². The number of ether oxygens (including phenoxy) is 1. The van der Waals surface area contributed by atoms with Gasteiger partial charge in [-0.05, 0) is 90.3 Å². The van der Waals surface area contributed by atoms with Crippen LogP contribution in [0.25, 0.3) is 21.1 Å². The summed E-state index contributed by atoms with van der Waals surface area (Å²) in [5, 5.41) is 12.0. The molecular formula is C39H49F3N8O2S. The normalized spacial score (nSPS) is 21.0. The number of hydrogen-bond donors (Lipinski definition) is 0. The van der Waals surface area contributed by atoms with Crippen molar-refractivity contribution in [1.29, 1.82) is 5.26 Å². The van der Waals surface area contributed by atoms with Gasteiger partial charge >= 0.3 is 12.3 Å². The lowest BCUT2D eigenvalue weighted by Gasteiger charge is -2.38. The Labute approximate surface area is 313 Å². The number of likely N-dealkylation sites (tertiary alicyclic amines) is 1. The van der Waals surface area contributed by atoms with Crippen molar-refractivity contribution in [2.75, 3.05) is 57.3 Å². The molecule has 0 saturated carbocycles. The number of hydrogen-bond acceptors (Lipinski definition) is 9. The van der Waals surface area contributed by atoms with Crippen molar-refractivity contribution in [1.82, 2.24) is 29.2 Å². The van der Waals surface area contributed by atoms with Crippen molar-refractivity contribution in [3.05, 3.63) is 51.8 Å². The lowest BCUT2D eigenvalue weighted by Crippen LogP contribution is -2.53. The molecule has 4 aromatic rings. The topological polar surface area (TPSA) is 93.8 Å². The van der Waals surface area contributed by atoms with Crippen LogP contribution in [0.1, 0.15) is 68.1 Å². The Balaban J connectivity index is 1.01. The van der Waals surface area contributed by atoms with Crippen LogP contribution in [0, 0.1) is 30.6 Å². The molecule has 284 valence electrons. The van der Waals surface area contributed by atoms with Crippen LogP contribution < -0.4 is 4.90 Å². The summed E-state index contributed by atoms with van der Waals surface area (Å²) in [5.74, 6) is 1.33. The van der Waals surface area contributed by atoms with Gasteiger partial charge in [0.15, 0.2) is 0 Å². The van der Waals surface area contributed by atoms with E-state index in [2.05, 4.69) is 56.3 Å². The smallest absolute Gasteiger partial charge is 0.410 e. The van der Waals surface area contributed by atoms with E-state index < -0.39 is 18.2 Å². The average molecular weight is 751 g/mol. The zero-order chi connectivity index (χ0) is 37.9. The number of aromatic nitrogens is 3. The molecule has 1 amide bonds. The first-order valence-electron chi connectivity index (χ1n) is 18.5. The third kappa shape index (κ3) is 7.98. The lowest BCUT2D eigenvalue weighted by molar-refractivity contribution is -0.126. The van der Waals surface area contributed by atoms with Gasteiger partial charge in [0.05, 0.1) is 11.8 Å². The van der Waals surface area contributed by atoms with Crippen LogP contribution in [0.5, 0.6) is 0 Å². The maximum atomic E-state index is 13.2. The van der Waals surface area contributed by atoms with Crippen molar-refractivity contribution in [3.63, 3.8) is 0 Å². The highest BCUT2D eigenvalue weighted by Crippen LogP contribution is 2.44. The highest BCUT2D eigenvalue weighted by atomic mass is 32.1. The quantitative estimate of drug-likeness (QED) is 0.195. The molecule has 53 heavy (non-hydrogen) atoms. The molecule has 6 heterocycles. The van der Waals surface area contributed by atoms with Gasteiger partial charge in [0.2, 0.25) is 0 Å². The number of halogens is 3. The summed E-state index contributed by atoms with van der Waals surface area (Å²) in [6.45, 7) is 19.6. The van der Waals surface area contributed by atoms with E-state index in [1.54, 1.807) is 17.9 Å². The number of alkyl halides is 3. The predicted octanol–water partition coefficient (Wildman–Crippen LogP) is 7.28. The molecule has 14 heteroatoms. The van der Waals surface area contributed by atoms with Crippen LogP contribution in [0.2, 0.25) is 0 Å². The van der Waals surface area contributed by atoms with Gasteiger partial charge in [-0.2, -0.15) is 18.4 Å². The first-order chi connectivity index (χ1) is 25.0. The summed E-state index contributed by atoms with van der Waals surface area (Å²) in [6, 6.07) is 10.6. The van der Waals surface area contributed by atoms with E-state index >= 15 is 0 Å².